The van der Waals surface area contributed by atoms with Gasteiger partial charge in [0.1, 0.15) is 0 Å². The molecule has 0 fully saturated rings. The van der Waals surface area contributed by atoms with Crippen LogP contribution in [0.1, 0.15) is 24.2 Å². The standard InChI is InChI=1S/C24H21N3O/c1-16(2)25-24(28)19-13-14-20-21(15-19)27-23(18-11-7-4-8-12-18)22(26-20)17-9-5-3-6-10-17/h3-16H,1-2H3,(H,25,28). The van der Waals surface area contributed by atoms with E-state index in [0.717, 1.165) is 28.0 Å². The third kappa shape index (κ3) is 3.62. The minimum absolute atomic E-state index is 0.0783. The van der Waals surface area contributed by atoms with Gasteiger partial charge in [-0.2, -0.15) is 0 Å². The normalized spacial score (nSPS) is 11.0. The predicted octanol–water partition coefficient (Wildman–Crippen LogP) is 5.10. The summed E-state index contributed by atoms with van der Waals surface area (Å²) in [6.45, 7) is 3.89. The van der Waals surface area contributed by atoms with Crippen molar-refractivity contribution in [2.45, 2.75) is 19.9 Å². The zero-order valence-electron chi connectivity index (χ0n) is 15.9. The Hall–Kier alpha value is -3.53. The van der Waals surface area contributed by atoms with Gasteiger partial charge in [0, 0.05) is 22.7 Å². The number of carbonyl (C=O) groups is 1. The van der Waals surface area contributed by atoms with Crippen LogP contribution in [0.5, 0.6) is 0 Å². The molecule has 0 aliphatic carbocycles. The number of hydrogen-bond donors (Lipinski definition) is 1. The van der Waals surface area contributed by atoms with E-state index in [2.05, 4.69) is 5.32 Å². The van der Waals surface area contributed by atoms with E-state index < -0.39 is 0 Å². The van der Waals surface area contributed by atoms with Gasteiger partial charge in [-0.25, -0.2) is 9.97 Å². The number of carbonyl (C=O) groups excluding carboxylic acids is 1. The monoisotopic (exact) mass is 367 g/mol. The number of aromatic nitrogens is 2. The van der Waals surface area contributed by atoms with Crippen molar-refractivity contribution in [2.75, 3.05) is 0 Å². The smallest absolute Gasteiger partial charge is 0.251 e. The van der Waals surface area contributed by atoms with Crippen molar-refractivity contribution >= 4 is 16.9 Å². The van der Waals surface area contributed by atoms with Crippen molar-refractivity contribution < 1.29 is 4.79 Å². The fraction of sp³-hybridized carbons (Fsp3) is 0.125. The largest absolute Gasteiger partial charge is 0.350 e. The third-order valence-electron chi connectivity index (χ3n) is 4.44. The minimum Gasteiger partial charge on any atom is -0.350 e. The first kappa shape index (κ1) is 17.9. The topological polar surface area (TPSA) is 54.9 Å². The molecule has 0 aliphatic heterocycles. The molecule has 4 heteroatoms. The second-order valence-electron chi connectivity index (χ2n) is 6.98. The predicted molar refractivity (Wildman–Crippen MR) is 113 cm³/mol. The Morgan fingerprint density at radius 1 is 0.750 bits per heavy atom. The van der Waals surface area contributed by atoms with E-state index in [-0.39, 0.29) is 11.9 Å². The van der Waals surface area contributed by atoms with Crippen LogP contribution in [0.3, 0.4) is 0 Å². The second kappa shape index (κ2) is 7.61. The van der Waals surface area contributed by atoms with Gasteiger partial charge in [0.2, 0.25) is 0 Å². The second-order valence-corrected chi connectivity index (χ2v) is 6.98. The van der Waals surface area contributed by atoms with Crippen LogP contribution >= 0.6 is 0 Å². The molecular weight excluding hydrogens is 346 g/mol. The summed E-state index contributed by atoms with van der Waals surface area (Å²) in [5.74, 6) is -0.105. The van der Waals surface area contributed by atoms with Gasteiger partial charge in [0.25, 0.3) is 5.91 Å². The Morgan fingerprint density at radius 2 is 1.29 bits per heavy atom. The molecule has 0 radical (unpaired) electrons. The average molecular weight is 367 g/mol. The van der Waals surface area contributed by atoms with Gasteiger partial charge in [-0.3, -0.25) is 4.79 Å². The van der Waals surface area contributed by atoms with Crippen LogP contribution in [0.25, 0.3) is 33.5 Å². The van der Waals surface area contributed by atoms with Crippen LogP contribution in [0, 0.1) is 0 Å². The molecule has 0 atom stereocenters. The van der Waals surface area contributed by atoms with E-state index in [9.17, 15) is 4.79 Å². The zero-order chi connectivity index (χ0) is 19.5. The van der Waals surface area contributed by atoms with Gasteiger partial charge in [-0.15, -0.1) is 0 Å². The fourth-order valence-electron chi connectivity index (χ4n) is 3.14. The SMILES string of the molecule is CC(C)NC(=O)c1ccc2nc(-c3ccccc3)c(-c3ccccc3)nc2c1. The van der Waals surface area contributed by atoms with Gasteiger partial charge in [0.05, 0.1) is 22.4 Å². The molecule has 0 saturated heterocycles. The van der Waals surface area contributed by atoms with Crippen molar-refractivity contribution in [3.05, 3.63) is 84.4 Å². The summed E-state index contributed by atoms with van der Waals surface area (Å²) in [6, 6.07) is 25.6. The third-order valence-corrected chi connectivity index (χ3v) is 4.44. The first-order valence-electron chi connectivity index (χ1n) is 9.35. The van der Waals surface area contributed by atoms with Crippen molar-refractivity contribution in [1.29, 1.82) is 0 Å². The van der Waals surface area contributed by atoms with Crippen molar-refractivity contribution in [2.24, 2.45) is 0 Å². The van der Waals surface area contributed by atoms with Crippen LogP contribution in [0.15, 0.2) is 78.9 Å². The average Bonchev–Trinajstić information content (AvgIpc) is 2.73. The Balaban J connectivity index is 1.90. The van der Waals surface area contributed by atoms with Crippen LogP contribution in [-0.4, -0.2) is 21.9 Å². The molecule has 1 aromatic heterocycles. The number of rotatable bonds is 4. The Morgan fingerprint density at radius 3 is 1.82 bits per heavy atom. The summed E-state index contributed by atoms with van der Waals surface area (Å²) in [4.78, 5) is 22.2. The highest BCUT2D eigenvalue weighted by atomic mass is 16.1. The van der Waals surface area contributed by atoms with Gasteiger partial charge < -0.3 is 5.32 Å². The number of amides is 1. The minimum atomic E-state index is -0.105. The molecule has 28 heavy (non-hydrogen) atoms. The summed E-state index contributed by atoms with van der Waals surface area (Å²) in [5, 5.41) is 2.92. The Labute approximate surface area is 164 Å². The lowest BCUT2D eigenvalue weighted by Crippen LogP contribution is -2.30. The molecule has 0 unspecified atom stereocenters. The molecule has 3 aromatic carbocycles. The van der Waals surface area contributed by atoms with Crippen LogP contribution < -0.4 is 5.32 Å². The van der Waals surface area contributed by atoms with E-state index in [1.807, 2.05) is 80.6 Å². The lowest BCUT2D eigenvalue weighted by molar-refractivity contribution is 0.0943. The van der Waals surface area contributed by atoms with E-state index >= 15 is 0 Å². The van der Waals surface area contributed by atoms with E-state index in [4.69, 9.17) is 9.97 Å². The zero-order valence-corrected chi connectivity index (χ0v) is 15.9. The molecule has 0 bridgehead atoms. The van der Waals surface area contributed by atoms with Crippen LogP contribution in [0.2, 0.25) is 0 Å². The molecule has 4 nitrogen and oxygen atoms in total. The summed E-state index contributed by atoms with van der Waals surface area (Å²) in [5.41, 5.74) is 5.70. The van der Waals surface area contributed by atoms with Crippen molar-refractivity contribution in [3.63, 3.8) is 0 Å². The maximum absolute atomic E-state index is 12.4. The molecule has 4 rings (SSSR count). The van der Waals surface area contributed by atoms with Crippen LogP contribution in [0.4, 0.5) is 0 Å². The molecule has 0 aliphatic rings. The lowest BCUT2D eigenvalue weighted by Gasteiger charge is -2.12. The molecule has 4 aromatic rings. The number of benzene rings is 3. The first-order valence-corrected chi connectivity index (χ1v) is 9.35. The molecule has 0 spiro atoms. The highest BCUT2D eigenvalue weighted by Gasteiger charge is 2.15. The van der Waals surface area contributed by atoms with E-state index in [0.29, 0.717) is 11.1 Å². The Kier molecular flexibility index (Phi) is 4.85. The fourth-order valence-corrected chi connectivity index (χ4v) is 3.14. The molecule has 138 valence electrons. The summed E-state index contributed by atoms with van der Waals surface area (Å²) in [7, 11) is 0. The highest BCUT2D eigenvalue weighted by Crippen LogP contribution is 2.31. The van der Waals surface area contributed by atoms with Crippen molar-refractivity contribution in [1.82, 2.24) is 15.3 Å². The maximum atomic E-state index is 12.4. The summed E-state index contributed by atoms with van der Waals surface area (Å²) < 4.78 is 0. The van der Waals surface area contributed by atoms with Crippen LogP contribution in [-0.2, 0) is 0 Å². The first-order chi connectivity index (χ1) is 13.6. The van der Waals surface area contributed by atoms with E-state index in [1.165, 1.54) is 0 Å². The Bertz CT molecular complexity index is 1120. The highest BCUT2D eigenvalue weighted by molar-refractivity contribution is 5.98. The van der Waals surface area contributed by atoms with Gasteiger partial charge in [0.15, 0.2) is 0 Å². The summed E-state index contributed by atoms with van der Waals surface area (Å²) in [6.07, 6.45) is 0. The molecular formula is C24H21N3O. The number of nitrogens with one attached hydrogen (secondary N) is 1. The summed E-state index contributed by atoms with van der Waals surface area (Å²) >= 11 is 0. The van der Waals surface area contributed by atoms with E-state index in [1.54, 1.807) is 12.1 Å². The van der Waals surface area contributed by atoms with Gasteiger partial charge in [-0.1, -0.05) is 60.7 Å². The van der Waals surface area contributed by atoms with Gasteiger partial charge >= 0.3 is 0 Å². The number of fused-ring (bicyclic) bond motifs is 1. The lowest BCUT2D eigenvalue weighted by atomic mass is 10.0. The molecule has 0 saturated carbocycles. The quantitative estimate of drug-likeness (QED) is 0.546. The molecule has 1 heterocycles. The molecule has 1 N–H and O–H groups in total. The number of hydrogen-bond acceptors (Lipinski definition) is 3. The molecule has 1 amide bonds. The van der Waals surface area contributed by atoms with Gasteiger partial charge in [-0.05, 0) is 32.0 Å². The maximum Gasteiger partial charge on any atom is 0.251 e. The number of nitrogens with zero attached hydrogens (tertiary/aromatic N) is 2. The van der Waals surface area contributed by atoms with Crippen molar-refractivity contribution in [3.8, 4) is 22.5 Å².